The number of rotatable bonds is 3. The predicted octanol–water partition coefficient (Wildman–Crippen LogP) is 3.03. The first-order valence-electron chi connectivity index (χ1n) is 3.85. The third kappa shape index (κ3) is 4.33. The third-order valence-electron chi connectivity index (χ3n) is 1.67. The zero-order valence-corrected chi connectivity index (χ0v) is 9.36. The highest BCUT2D eigenvalue weighted by molar-refractivity contribution is 7.13. The van der Waals surface area contributed by atoms with Gasteiger partial charge in [0.2, 0.25) is 0 Å². The van der Waals surface area contributed by atoms with Gasteiger partial charge in [-0.25, -0.2) is 0 Å². The number of hydrogen-bond acceptors (Lipinski definition) is 4. The molecule has 16 heavy (non-hydrogen) atoms. The van der Waals surface area contributed by atoms with E-state index in [1.54, 1.807) is 0 Å². The molecule has 0 saturated carbocycles. The number of hydrogen-bond donors (Lipinski definition) is 1. The second-order valence-electron chi connectivity index (χ2n) is 2.90. The lowest BCUT2D eigenvalue weighted by molar-refractivity contribution is -0.380. The van der Waals surface area contributed by atoms with Gasteiger partial charge in [0.25, 0.3) is 0 Å². The molecule has 1 heterocycles. The molecular formula is C7H8ClF3N2O2S. The van der Waals surface area contributed by atoms with Crippen molar-refractivity contribution in [3.8, 4) is 0 Å². The Bertz CT molecular complexity index is 369. The van der Waals surface area contributed by atoms with E-state index < -0.39 is 23.6 Å². The fourth-order valence-electron chi connectivity index (χ4n) is 0.996. The molecule has 0 radical (unpaired) electrons. The van der Waals surface area contributed by atoms with Gasteiger partial charge in [-0.05, 0) is 5.56 Å². The maximum absolute atomic E-state index is 11.9. The standard InChI is InChI=1S/C7H7F3N2O2S.ClH/c8-7(9,10)2-5(11)4-1-6(12(13)14)15-3-4;/h1,3,5H,2,11H2;1H/t5-;/m0./s1. The largest absolute Gasteiger partial charge is 0.390 e. The van der Waals surface area contributed by atoms with Gasteiger partial charge in [-0.1, -0.05) is 11.3 Å². The Morgan fingerprint density at radius 3 is 2.50 bits per heavy atom. The minimum Gasteiger partial charge on any atom is -0.324 e. The first-order valence-corrected chi connectivity index (χ1v) is 4.73. The van der Waals surface area contributed by atoms with Crippen molar-refractivity contribution >= 4 is 28.7 Å². The number of thiophene rings is 1. The van der Waals surface area contributed by atoms with Crippen LogP contribution in [0.4, 0.5) is 18.2 Å². The van der Waals surface area contributed by atoms with Gasteiger partial charge in [0, 0.05) is 17.5 Å². The van der Waals surface area contributed by atoms with Crippen LogP contribution >= 0.6 is 23.7 Å². The van der Waals surface area contributed by atoms with Crippen molar-refractivity contribution in [2.45, 2.75) is 18.6 Å². The van der Waals surface area contributed by atoms with Gasteiger partial charge < -0.3 is 5.73 Å². The van der Waals surface area contributed by atoms with E-state index in [0.717, 1.165) is 17.4 Å². The fourth-order valence-corrected chi connectivity index (χ4v) is 1.79. The number of halogens is 4. The molecule has 0 aliphatic carbocycles. The second kappa shape index (κ2) is 5.46. The number of nitro groups is 1. The van der Waals surface area contributed by atoms with Crippen LogP contribution in [0.25, 0.3) is 0 Å². The van der Waals surface area contributed by atoms with Gasteiger partial charge in [0.1, 0.15) is 0 Å². The maximum atomic E-state index is 11.9. The topological polar surface area (TPSA) is 69.2 Å². The van der Waals surface area contributed by atoms with Crippen LogP contribution in [0.3, 0.4) is 0 Å². The smallest absolute Gasteiger partial charge is 0.324 e. The summed E-state index contributed by atoms with van der Waals surface area (Å²) in [5.41, 5.74) is 5.40. The molecule has 0 aliphatic rings. The lowest BCUT2D eigenvalue weighted by Gasteiger charge is -2.11. The Morgan fingerprint density at radius 2 is 2.12 bits per heavy atom. The summed E-state index contributed by atoms with van der Waals surface area (Å²) in [4.78, 5) is 9.62. The Labute approximate surface area is 98.8 Å². The second-order valence-corrected chi connectivity index (χ2v) is 3.79. The Balaban J connectivity index is 0.00000225. The molecule has 1 aromatic rings. The molecule has 1 atom stereocenters. The van der Waals surface area contributed by atoms with Crippen LogP contribution in [-0.4, -0.2) is 11.1 Å². The van der Waals surface area contributed by atoms with Crippen molar-refractivity contribution in [1.82, 2.24) is 0 Å². The van der Waals surface area contributed by atoms with Crippen molar-refractivity contribution in [3.63, 3.8) is 0 Å². The molecule has 2 N–H and O–H groups in total. The molecule has 0 aliphatic heterocycles. The summed E-state index contributed by atoms with van der Waals surface area (Å²) in [6, 6.07) is -0.170. The normalized spacial score (nSPS) is 13.0. The first-order chi connectivity index (χ1) is 6.79. The molecule has 0 saturated heterocycles. The molecule has 0 spiro atoms. The van der Waals surface area contributed by atoms with Crippen LogP contribution in [0.5, 0.6) is 0 Å². The average Bonchev–Trinajstić information content (AvgIpc) is 2.47. The Hall–Kier alpha value is -0.860. The summed E-state index contributed by atoms with van der Waals surface area (Å²) in [5, 5.41) is 11.3. The monoisotopic (exact) mass is 276 g/mol. The molecule has 92 valence electrons. The molecule has 0 fully saturated rings. The van der Waals surface area contributed by atoms with Gasteiger partial charge in [-0.15, -0.1) is 12.4 Å². The van der Waals surface area contributed by atoms with Gasteiger partial charge >= 0.3 is 11.2 Å². The minimum absolute atomic E-state index is 0. The Morgan fingerprint density at radius 1 is 1.56 bits per heavy atom. The number of alkyl halides is 3. The molecule has 1 rings (SSSR count). The van der Waals surface area contributed by atoms with Gasteiger partial charge in [0.05, 0.1) is 11.3 Å². The SMILES string of the molecule is Cl.N[C@@H](CC(F)(F)F)c1csc([N+](=O)[O-])c1. The summed E-state index contributed by atoms with van der Waals surface area (Å²) < 4.78 is 35.8. The van der Waals surface area contributed by atoms with Crippen LogP contribution in [-0.2, 0) is 0 Å². The van der Waals surface area contributed by atoms with Crippen LogP contribution in [0.2, 0.25) is 0 Å². The van der Waals surface area contributed by atoms with E-state index in [4.69, 9.17) is 5.73 Å². The van der Waals surface area contributed by atoms with Crippen LogP contribution in [0, 0.1) is 10.1 Å². The van der Waals surface area contributed by atoms with Crippen molar-refractivity contribution < 1.29 is 18.1 Å². The van der Waals surface area contributed by atoms with Crippen molar-refractivity contribution in [2.24, 2.45) is 5.73 Å². The van der Waals surface area contributed by atoms with Gasteiger partial charge in [-0.2, -0.15) is 13.2 Å². The maximum Gasteiger partial charge on any atom is 0.390 e. The van der Waals surface area contributed by atoms with Crippen molar-refractivity contribution in [1.29, 1.82) is 0 Å². The molecule has 0 bridgehead atoms. The van der Waals surface area contributed by atoms with E-state index in [-0.39, 0.29) is 23.0 Å². The zero-order valence-electron chi connectivity index (χ0n) is 7.73. The first kappa shape index (κ1) is 15.1. The molecule has 1 aromatic heterocycles. The molecule has 4 nitrogen and oxygen atoms in total. The molecule has 0 amide bonds. The van der Waals surface area contributed by atoms with Crippen LogP contribution < -0.4 is 5.73 Å². The summed E-state index contributed by atoms with van der Waals surface area (Å²) in [7, 11) is 0. The quantitative estimate of drug-likeness (QED) is 0.681. The van der Waals surface area contributed by atoms with Gasteiger partial charge in [0.15, 0.2) is 0 Å². The molecule has 0 aromatic carbocycles. The highest BCUT2D eigenvalue weighted by Gasteiger charge is 2.31. The van der Waals surface area contributed by atoms with E-state index in [1.165, 1.54) is 5.38 Å². The highest BCUT2D eigenvalue weighted by atomic mass is 35.5. The van der Waals surface area contributed by atoms with E-state index in [2.05, 4.69) is 0 Å². The van der Waals surface area contributed by atoms with Crippen molar-refractivity contribution in [2.75, 3.05) is 0 Å². The Kier molecular flexibility index (Phi) is 5.17. The highest BCUT2D eigenvalue weighted by Crippen LogP contribution is 2.32. The lowest BCUT2D eigenvalue weighted by atomic mass is 10.1. The minimum atomic E-state index is -4.36. The zero-order chi connectivity index (χ0) is 11.6. The van der Waals surface area contributed by atoms with Gasteiger partial charge in [-0.3, -0.25) is 10.1 Å². The number of nitrogens with zero attached hydrogens (tertiary/aromatic N) is 1. The predicted molar refractivity (Wildman–Crippen MR) is 55.8 cm³/mol. The van der Waals surface area contributed by atoms with Crippen LogP contribution in [0.15, 0.2) is 11.4 Å². The summed E-state index contributed by atoms with van der Waals surface area (Å²) in [5.74, 6) is 0. The van der Waals surface area contributed by atoms with Crippen LogP contribution in [0.1, 0.15) is 18.0 Å². The average molecular weight is 277 g/mol. The molecule has 0 unspecified atom stereocenters. The summed E-state index contributed by atoms with van der Waals surface area (Å²) in [6.45, 7) is 0. The summed E-state index contributed by atoms with van der Waals surface area (Å²) in [6.07, 6.45) is -5.54. The molecular weight excluding hydrogens is 269 g/mol. The van der Waals surface area contributed by atoms with E-state index in [9.17, 15) is 23.3 Å². The molecule has 9 heteroatoms. The third-order valence-corrected chi connectivity index (χ3v) is 2.56. The summed E-state index contributed by atoms with van der Waals surface area (Å²) >= 11 is 0.766. The van der Waals surface area contributed by atoms with E-state index in [1.807, 2.05) is 0 Å². The number of nitrogens with two attached hydrogens (primary N) is 1. The fraction of sp³-hybridized carbons (Fsp3) is 0.429. The lowest BCUT2D eigenvalue weighted by Crippen LogP contribution is -2.19. The van der Waals surface area contributed by atoms with Crippen molar-refractivity contribution in [3.05, 3.63) is 27.1 Å². The van der Waals surface area contributed by atoms with E-state index in [0.29, 0.717) is 0 Å². The van der Waals surface area contributed by atoms with E-state index >= 15 is 0 Å².